The number of hydrogen-bond donors (Lipinski definition) is 1. The van der Waals surface area contributed by atoms with Crippen molar-refractivity contribution < 1.29 is 9.69 Å². The number of rotatable bonds is 3. The molecule has 1 saturated heterocycles. The second-order valence-electron chi connectivity index (χ2n) is 7.21. The maximum absolute atomic E-state index is 13.1. The van der Waals surface area contributed by atoms with Crippen molar-refractivity contribution in [3.63, 3.8) is 0 Å². The van der Waals surface area contributed by atoms with Crippen molar-refractivity contribution in [3.8, 4) is 11.1 Å². The molecule has 0 atom stereocenters. The van der Waals surface area contributed by atoms with Gasteiger partial charge in [-0.15, -0.1) is 11.3 Å². The largest absolute Gasteiger partial charge is 0.334 e. The van der Waals surface area contributed by atoms with Crippen LogP contribution in [0.2, 0.25) is 0 Å². The first-order chi connectivity index (χ1) is 13.0. The zero-order valence-electron chi connectivity index (χ0n) is 15.6. The minimum absolute atomic E-state index is 0.0159. The number of carbonyl (C=O) groups excluding carboxylic acids is 1. The van der Waals surface area contributed by atoms with E-state index in [0.29, 0.717) is 10.2 Å². The lowest BCUT2D eigenvalue weighted by atomic mass is 10.1. The fraction of sp³-hybridized carbons (Fsp3) is 0.350. The van der Waals surface area contributed by atoms with Crippen LogP contribution in [-0.4, -0.2) is 53.6 Å². The number of quaternary nitrogens is 1. The van der Waals surface area contributed by atoms with E-state index in [4.69, 9.17) is 0 Å². The Kier molecular flexibility index (Phi) is 4.80. The number of aromatic nitrogens is 2. The molecule has 7 heteroatoms. The fourth-order valence-electron chi connectivity index (χ4n) is 3.41. The summed E-state index contributed by atoms with van der Waals surface area (Å²) >= 11 is 1.46. The molecule has 0 saturated carbocycles. The molecule has 0 spiro atoms. The van der Waals surface area contributed by atoms with E-state index in [9.17, 15) is 9.59 Å². The number of thiophene rings is 1. The molecule has 27 heavy (non-hydrogen) atoms. The third-order valence-corrected chi connectivity index (χ3v) is 6.08. The van der Waals surface area contributed by atoms with Crippen molar-refractivity contribution in [2.24, 2.45) is 0 Å². The Bertz CT molecular complexity index is 1030. The molecule has 4 rings (SSSR count). The Hall–Kier alpha value is -2.51. The van der Waals surface area contributed by atoms with Gasteiger partial charge in [-0.05, 0) is 12.5 Å². The molecule has 1 aliphatic rings. The molecule has 2 aromatic heterocycles. The smallest absolute Gasteiger partial charge is 0.263 e. The number of amides is 1. The van der Waals surface area contributed by atoms with Crippen molar-refractivity contribution in [1.29, 1.82) is 0 Å². The molecule has 0 unspecified atom stereocenters. The van der Waals surface area contributed by atoms with Crippen LogP contribution >= 0.6 is 11.3 Å². The van der Waals surface area contributed by atoms with Gasteiger partial charge in [0.2, 0.25) is 5.91 Å². The summed E-state index contributed by atoms with van der Waals surface area (Å²) in [6.07, 6.45) is 1.50. The van der Waals surface area contributed by atoms with Gasteiger partial charge in [0.1, 0.15) is 11.4 Å². The van der Waals surface area contributed by atoms with Crippen molar-refractivity contribution in [2.45, 2.75) is 13.5 Å². The van der Waals surface area contributed by atoms with Gasteiger partial charge in [-0.25, -0.2) is 4.98 Å². The first-order valence-electron chi connectivity index (χ1n) is 9.15. The van der Waals surface area contributed by atoms with E-state index < -0.39 is 0 Å². The molecule has 140 valence electrons. The Morgan fingerprint density at radius 2 is 1.93 bits per heavy atom. The van der Waals surface area contributed by atoms with Gasteiger partial charge in [0.05, 0.1) is 44.9 Å². The molecule has 6 nitrogen and oxygen atoms in total. The number of benzene rings is 1. The second-order valence-corrected chi connectivity index (χ2v) is 8.07. The summed E-state index contributed by atoms with van der Waals surface area (Å²) in [6, 6.07) is 8.11. The highest BCUT2D eigenvalue weighted by Gasteiger charge is 2.22. The lowest BCUT2D eigenvalue weighted by Crippen LogP contribution is -3.12. The maximum atomic E-state index is 13.1. The van der Waals surface area contributed by atoms with Gasteiger partial charge >= 0.3 is 0 Å². The lowest BCUT2D eigenvalue weighted by Gasteiger charge is -2.30. The van der Waals surface area contributed by atoms with Gasteiger partial charge in [-0.1, -0.05) is 29.8 Å². The normalized spacial score (nSPS) is 15.4. The Labute approximate surface area is 161 Å². The van der Waals surface area contributed by atoms with Gasteiger partial charge in [0.15, 0.2) is 0 Å². The maximum Gasteiger partial charge on any atom is 0.263 e. The monoisotopic (exact) mass is 383 g/mol. The molecule has 0 bridgehead atoms. The summed E-state index contributed by atoms with van der Waals surface area (Å²) in [6.45, 7) is 5.45. The second kappa shape index (κ2) is 7.25. The SMILES string of the molecule is Cc1ccc(-c2csc3ncn(CC(=O)N4CC[NH+](C)CC4)c(=O)c23)cc1. The zero-order chi connectivity index (χ0) is 19.0. The number of aryl methyl sites for hydroxylation is 1. The van der Waals surface area contributed by atoms with Crippen LogP contribution in [0.3, 0.4) is 0 Å². The first kappa shape index (κ1) is 17.9. The van der Waals surface area contributed by atoms with Crippen LogP contribution in [0.4, 0.5) is 0 Å². The minimum atomic E-state index is -0.148. The molecule has 1 aliphatic heterocycles. The molecule has 3 heterocycles. The van der Waals surface area contributed by atoms with Crippen LogP contribution in [0.5, 0.6) is 0 Å². The van der Waals surface area contributed by atoms with Crippen molar-refractivity contribution >= 4 is 27.5 Å². The van der Waals surface area contributed by atoms with E-state index in [1.807, 2.05) is 41.5 Å². The molecule has 1 amide bonds. The summed E-state index contributed by atoms with van der Waals surface area (Å²) in [5.74, 6) is -0.0159. The van der Waals surface area contributed by atoms with Crippen LogP contribution in [0, 0.1) is 6.92 Å². The number of nitrogens with zero attached hydrogens (tertiary/aromatic N) is 3. The third kappa shape index (κ3) is 3.52. The molecule has 1 N–H and O–H groups in total. The number of hydrogen-bond acceptors (Lipinski definition) is 4. The topological polar surface area (TPSA) is 59.6 Å². The molecule has 1 fully saturated rings. The standard InChI is InChI=1S/C20H22N4O2S/c1-14-3-5-15(6-4-14)16-12-27-19-18(16)20(26)24(13-21-19)11-17(25)23-9-7-22(2)8-10-23/h3-6,12-13H,7-11H2,1-2H3/p+1. The fourth-order valence-corrected chi connectivity index (χ4v) is 4.32. The van der Waals surface area contributed by atoms with Crippen LogP contribution in [0.25, 0.3) is 21.3 Å². The molecular weight excluding hydrogens is 360 g/mol. The number of likely N-dealkylation sites (N-methyl/N-ethyl adjacent to an activating group) is 1. The average molecular weight is 383 g/mol. The molecule has 0 radical (unpaired) electrons. The average Bonchev–Trinajstić information content (AvgIpc) is 3.10. The van der Waals surface area contributed by atoms with Gasteiger partial charge in [-0.3, -0.25) is 14.2 Å². The summed E-state index contributed by atoms with van der Waals surface area (Å²) in [5.41, 5.74) is 2.91. The molecular formula is C20H23N4O2S+. The Morgan fingerprint density at radius 3 is 2.63 bits per heavy atom. The predicted molar refractivity (Wildman–Crippen MR) is 107 cm³/mol. The van der Waals surface area contributed by atoms with Gasteiger partial charge in [0, 0.05) is 10.9 Å². The predicted octanol–water partition coefficient (Wildman–Crippen LogP) is 0.790. The number of nitrogens with one attached hydrogen (secondary N) is 1. The van der Waals surface area contributed by atoms with Gasteiger partial charge < -0.3 is 9.80 Å². The van der Waals surface area contributed by atoms with E-state index in [-0.39, 0.29) is 18.0 Å². The summed E-state index contributed by atoms with van der Waals surface area (Å²) in [5, 5.41) is 2.57. The van der Waals surface area contributed by atoms with Crippen LogP contribution in [0.15, 0.2) is 40.8 Å². The van der Waals surface area contributed by atoms with Crippen molar-refractivity contribution in [1.82, 2.24) is 14.5 Å². The zero-order valence-corrected chi connectivity index (χ0v) is 16.4. The first-order valence-corrected chi connectivity index (χ1v) is 10.0. The Balaban J connectivity index is 1.65. The van der Waals surface area contributed by atoms with E-state index in [2.05, 4.69) is 12.0 Å². The van der Waals surface area contributed by atoms with E-state index in [0.717, 1.165) is 37.3 Å². The van der Waals surface area contributed by atoms with Crippen LogP contribution < -0.4 is 10.5 Å². The quantitative estimate of drug-likeness (QED) is 0.728. The van der Waals surface area contributed by atoms with Gasteiger partial charge in [0.25, 0.3) is 5.56 Å². The highest BCUT2D eigenvalue weighted by molar-refractivity contribution is 7.17. The highest BCUT2D eigenvalue weighted by Crippen LogP contribution is 2.30. The van der Waals surface area contributed by atoms with E-state index in [1.165, 1.54) is 32.7 Å². The third-order valence-electron chi connectivity index (χ3n) is 5.20. The molecule has 1 aromatic carbocycles. The van der Waals surface area contributed by atoms with Crippen molar-refractivity contribution in [2.75, 3.05) is 33.2 Å². The summed E-state index contributed by atoms with van der Waals surface area (Å²) in [4.78, 5) is 34.1. The molecule has 0 aliphatic carbocycles. The van der Waals surface area contributed by atoms with Crippen LogP contribution in [-0.2, 0) is 11.3 Å². The van der Waals surface area contributed by atoms with Crippen molar-refractivity contribution in [3.05, 3.63) is 51.9 Å². The highest BCUT2D eigenvalue weighted by atomic mass is 32.1. The lowest BCUT2D eigenvalue weighted by molar-refractivity contribution is -0.883. The van der Waals surface area contributed by atoms with E-state index >= 15 is 0 Å². The molecule has 3 aromatic rings. The number of piperazine rings is 1. The summed E-state index contributed by atoms with van der Waals surface area (Å²) in [7, 11) is 2.13. The van der Waals surface area contributed by atoms with E-state index in [1.54, 1.807) is 0 Å². The number of fused-ring (bicyclic) bond motifs is 1. The summed E-state index contributed by atoms with van der Waals surface area (Å²) < 4.78 is 1.44. The van der Waals surface area contributed by atoms with Crippen LogP contribution in [0.1, 0.15) is 5.56 Å². The minimum Gasteiger partial charge on any atom is -0.334 e. The van der Waals surface area contributed by atoms with Gasteiger partial charge in [-0.2, -0.15) is 0 Å². The number of carbonyl (C=O) groups is 1. The Morgan fingerprint density at radius 1 is 1.22 bits per heavy atom.